The number of amides is 4. The van der Waals surface area contributed by atoms with Crippen molar-refractivity contribution in [2.45, 2.75) is 103 Å². The zero-order valence-corrected chi connectivity index (χ0v) is 40.3. The standard InChI is InChI=1S/C43H64F4N8O8P2/c1-10-27(3)36(39(57)49-23-14-15-24-62-65(61,55(8)9)63-64(60,48-5)54(6)7)52-41(59)42(22-21-34-31(26-42)30-18-16-19-32(38(30)50-34)43(45,46)47)53-40(58)37(28(4)11-2)51-35(56)25-29-17-12-13-20-33(29)44/h12-13,16-20,27-28,36-37,50H,10-11,14-15,21-26H2,1-9H3,(H,48,60)(H,49,57)(H,51,56)(H,52,59)(H,53,58)/t27?,28?,36-,37-,42+,64?,65?/m0/s1. The van der Waals surface area contributed by atoms with Crippen molar-refractivity contribution >= 4 is 49.9 Å². The van der Waals surface area contributed by atoms with Crippen LogP contribution in [0.25, 0.3) is 10.9 Å². The summed E-state index contributed by atoms with van der Waals surface area (Å²) in [5, 5.41) is 14.1. The van der Waals surface area contributed by atoms with E-state index in [1.807, 2.05) is 13.8 Å². The number of para-hydroxylation sites is 1. The van der Waals surface area contributed by atoms with E-state index in [4.69, 9.17) is 8.83 Å². The van der Waals surface area contributed by atoms with Crippen LogP contribution >= 0.6 is 15.4 Å². The highest BCUT2D eigenvalue weighted by Crippen LogP contribution is 2.63. The minimum absolute atomic E-state index is 0.0539. The molecule has 4 rings (SSSR count). The SMILES string of the molecule is CCC(C)[C@H](NC(=O)Cc1ccccc1F)C(=O)N[C@]1(C(=O)N[C@H](C(=O)NCCCCOP(=O)(OP(=O)(NC)N(C)C)N(C)C)C(C)CC)CCc2[nH]c3c(C(F)(F)F)cccc3c2C1. The molecule has 0 aliphatic heterocycles. The van der Waals surface area contributed by atoms with Crippen LogP contribution in [-0.2, 0) is 62.6 Å². The maximum atomic E-state index is 14.9. The second kappa shape index (κ2) is 22.6. The third-order valence-corrected chi connectivity index (χ3v) is 16.8. The van der Waals surface area contributed by atoms with Crippen LogP contribution in [0.4, 0.5) is 17.6 Å². The fourth-order valence-electron chi connectivity index (χ4n) is 7.50. The van der Waals surface area contributed by atoms with Crippen LogP contribution in [0.2, 0.25) is 0 Å². The summed E-state index contributed by atoms with van der Waals surface area (Å²) >= 11 is 0. The lowest BCUT2D eigenvalue weighted by Gasteiger charge is -2.39. The molecule has 4 unspecified atom stereocenters. The van der Waals surface area contributed by atoms with E-state index < -0.39 is 86.1 Å². The molecule has 0 fully saturated rings. The Kier molecular flexibility index (Phi) is 18.5. The van der Waals surface area contributed by atoms with Crippen LogP contribution in [0, 0.1) is 17.7 Å². The van der Waals surface area contributed by atoms with E-state index in [0.29, 0.717) is 36.9 Å². The van der Waals surface area contributed by atoms with Gasteiger partial charge in [-0.05, 0) is 96.0 Å². The van der Waals surface area contributed by atoms with Gasteiger partial charge in [0.1, 0.15) is 23.4 Å². The molecule has 1 aromatic heterocycles. The van der Waals surface area contributed by atoms with Crippen molar-refractivity contribution in [3.8, 4) is 0 Å². The first-order valence-electron chi connectivity index (χ1n) is 21.7. The molecule has 0 saturated carbocycles. The van der Waals surface area contributed by atoms with Crippen LogP contribution in [0.5, 0.6) is 0 Å². The van der Waals surface area contributed by atoms with E-state index in [1.165, 1.54) is 74.9 Å². The van der Waals surface area contributed by atoms with Crippen LogP contribution in [0.1, 0.15) is 82.2 Å². The van der Waals surface area contributed by atoms with E-state index in [9.17, 15) is 45.9 Å². The molecule has 3 aromatic rings. The average Bonchev–Trinajstić information content (AvgIpc) is 3.63. The van der Waals surface area contributed by atoms with Crippen molar-refractivity contribution in [3.63, 3.8) is 0 Å². The topological polar surface area (TPSA) is 203 Å². The fraction of sp³-hybridized carbons (Fsp3) is 0.581. The number of hydrogen-bond acceptors (Lipinski definition) is 8. The van der Waals surface area contributed by atoms with Gasteiger partial charge in [-0.15, -0.1) is 0 Å². The molecule has 0 spiro atoms. The van der Waals surface area contributed by atoms with Crippen molar-refractivity contribution in [2.75, 3.05) is 48.4 Å². The summed E-state index contributed by atoms with van der Waals surface area (Å²) in [5.74, 6) is -4.14. The molecular weight excluding hydrogens is 894 g/mol. The number of benzene rings is 2. The largest absolute Gasteiger partial charge is 0.418 e. The number of halogens is 4. The van der Waals surface area contributed by atoms with Gasteiger partial charge in [-0.1, -0.05) is 70.9 Å². The van der Waals surface area contributed by atoms with Crippen molar-refractivity contribution in [1.29, 1.82) is 0 Å². The molecule has 16 nitrogen and oxygen atoms in total. The molecule has 7 atom stereocenters. The van der Waals surface area contributed by atoms with Gasteiger partial charge < -0.3 is 26.3 Å². The Labute approximate surface area is 378 Å². The first-order valence-corrected chi connectivity index (χ1v) is 24.8. The third-order valence-electron chi connectivity index (χ3n) is 12.0. The first kappa shape index (κ1) is 53.5. The zero-order chi connectivity index (χ0) is 48.5. The highest BCUT2D eigenvalue weighted by Gasteiger charge is 2.47. The van der Waals surface area contributed by atoms with Crippen molar-refractivity contribution < 1.29 is 54.7 Å². The maximum Gasteiger partial charge on any atom is 0.418 e. The number of carbonyl (C=O) groups excluding carboxylic acids is 4. The van der Waals surface area contributed by atoms with Crippen LogP contribution in [0.3, 0.4) is 0 Å². The van der Waals surface area contributed by atoms with Gasteiger partial charge in [0.05, 0.1) is 24.1 Å². The number of nitrogens with one attached hydrogen (secondary N) is 6. The quantitative estimate of drug-likeness (QED) is 0.0346. The summed E-state index contributed by atoms with van der Waals surface area (Å²) in [4.78, 5) is 59.4. The van der Waals surface area contributed by atoms with Gasteiger partial charge in [-0.2, -0.15) is 13.2 Å². The average molecular weight is 959 g/mol. The summed E-state index contributed by atoms with van der Waals surface area (Å²) in [6, 6.07) is 7.17. The highest BCUT2D eigenvalue weighted by molar-refractivity contribution is 7.66. The second-order valence-corrected chi connectivity index (χ2v) is 21.8. The molecule has 65 heavy (non-hydrogen) atoms. The summed E-state index contributed by atoms with van der Waals surface area (Å²) in [7, 11) is -0.338. The molecule has 0 bridgehead atoms. The molecule has 4 amide bonds. The molecule has 2 aromatic carbocycles. The number of nitrogens with zero attached hydrogens (tertiary/aromatic N) is 2. The number of aryl methyl sites for hydroxylation is 1. The third kappa shape index (κ3) is 13.1. The van der Waals surface area contributed by atoms with Crippen molar-refractivity contribution in [1.82, 2.24) is 40.7 Å². The smallest absolute Gasteiger partial charge is 0.358 e. The maximum absolute atomic E-state index is 14.9. The molecule has 1 aliphatic carbocycles. The zero-order valence-electron chi connectivity index (χ0n) is 38.5. The molecular formula is C43H64F4N8O8P2. The number of H-pyrrole nitrogens is 1. The number of alkyl halides is 3. The van der Waals surface area contributed by atoms with Crippen molar-refractivity contribution in [2.24, 2.45) is 11.8 Å². The number of unbranched alkanes of at least 4 members (excludes halogenated alkanes) is 1. The molecule has 22 heteroatoms. The Balaban J connectivity index is 1.58. The van der Waals surface area contributed by atoms with E-state index in [2.05, 4.69) is 31.3 Å². The summed E-state index contributed by atoms with van der Waals surface area (Å²) in [6.45, 7) is 7.19. The Hall–Kier alpha value is -4.16. The van der Waals surface area contributed by atoms with Crippen LogP contribution in [0.15, 0.2) is 42.5 Å². The second-order valence-electron chi connectivity index (χ2n) is 16.9. The number of hydrogen-bond donors (Lipinski definition) is 6. The van der Waals surface area contributed by atoms with E-state index >= 15 is 0 Å². The summed E-state index contributed by atoms with van der Waals surface area (Å²) in [6.07, 6.45) is -3.79. The Morgan fingerprint density at radius 3 is 2.12 bits per heavy atom. The predicted molar refractivity (Wildman–Crippen MR) is 240 cm³/mol. The van der Waals surface area contributed by atoms with Gasteiger partial charge in [-0.25, -0.2) is 27.7 Å². The Bertz CT molecular complexity index is 2260. The lowest BCUT2D eigenvalue weighted by atomic mass is 9.78. The Morgan fingerprint density at radius 2 is 1.54 bits per heavy atom. The number of rotatable bonds is 23. The highest BCUT2D eigenvalue weighted by atomic mass is 31.3. The number of aromatic amines is 1. The predicted octanol–water partition coefficient (Wildman–Crippen LogP) is 6.46. The summed E-state index contributed by atoms with van der Waals surface area (Å²) in [5.41, 5.74) is -1.87. The van der Waals surface area contributed by atoms with E-state index in [-0.39, 0.29) is 55.3 Å². The van der Waals surface area contributed by atoms with E-state index in [1.54, 1.807) is 19.9 Å². The van der Waals surface area contributed by atoms with Gasteiger partial charge in [0.2, 0.25) is 23.6 Å². The molecule has 1 heterocycles. The molecule has 0 radical (unpaired) electrons. The Morgan fingerprint density at radius 1 is 0.892 bits per heavy atom. The molecule has 0 saturated heterocycles. The number of carbonyl (C=O) groups is 4. The lowest BCUT2D eigenvalue weighted by molar-refractivity contribution is -0.139. The van der Waals surface area contributed by atoms with Gasteiger partial charge in [0, 0.05) is 24.0 Å². The van der Waals surface area contributed by atoms with Crippen molar-refractivity contribution in [3.05, 3.63) is 70.7 Å². The normalized spacial score (nSPS) is 19.1. The van der Waals surface area contributed by atoms with Crippen LogP contribution in [-0.4, -0.2) is 104 Å². The van der Waals surface area contributed by atoms with E-state index in [0.717, 1.165) is 6.07 Å². The van der Waals surface area contributed by atoms with Gasteiger partial charge in [0.25, 0.3) is 0 Å². The first-order chi connectivity index (χ1) is 30.5. The van der Waals surface area contributed by atoms with Crippen LogP contribution < -0.4 is 26.4 Å². The molecule has 6 N–H and O–H groups in total. The fourth-order valence-corrected chi connectivity index (χ4v) is 11.3. The van der Waals surface area contributed by atoms with Gasteiger partial charge in [-0.3, -0.25) is 28.3 Å². The monoisotopic (exact) mass is 958 g/mol. The minimum atomic E-state index is -4.68. The number of fused-ring (bicyclic) bond motifs is 3. The summed E-state index contributed by atoms with van der Waals surface area (Å²) < 4.78 is 97.1. The molecule has 362 valence electrons. The minimum Gasteiger partial charge on any atom is -0.358 e. The van der Waals surface area contributed by atoms with Gasteiger partial charge >= 0.3 is 21.6 Å². The number of aromatic nitrogens is 1. The molecule has 1 aliphatic rings. The lowest BCUT2D eigenvalue weighted by Crippen LogP contribution is -2.67. The van der Waals surface area contributed by atoms with Gasteiger partial charge in [0.15, 0.2) is 0 Å².